The van der Waals surface area contributed by atoms with Gasteiger partial charge in [0.1, 0.15) is 11.5 Å². The average Bonchev–Trinajstić information content (AvgIpc) is 2.39. The molecule has 0 aliphatic carbocycles. The quantitative estimate of drug-likeness (QED) is 0.795. The number of hydrogen-bond acceptors (Lipinski definition) is 4. The minimum Gasteiger partial charge on any atom is -0.496 e. The van der Waals surface area contributed by atoms with Gasteiger partial charge in [0.2, 0.25) is 0 Å². The fourth-order valence-electron chi connectivity index (χ4n) is 2.23. The summed E-state index contributed by atoms with van der Waals surface area (Å²) in [6.45, 7) is 4.04. The van der Waals surface area contributed by atoms with E-state index < -0.39 is 0 Å². The third kappa shape index (κ3) is 4.11. The Hall–Kier alpha value is -1.26. The van der Waals surface area contributed by atoms with Crippen LogP contribution < -0.4 is 20.5 Å². The summed E-state index contributed by atoms with van der Waals surface area (Å²) in [4.78, 5) is 0. The summed E-state index contributed by atoms with van der Waals surface area (Å²) in [5.41, 5.74) is 8.03. The number of nitrogens with one attached hydrogen (secondary N) is 1. The van der Waals surface area contributed by atoms with Gasteiger partial charge in [-0.25, -0.2) is 0 Å². The molecule has 0 spiro atoms. The molecule has 0 fully saturated rings. The van der Waals surface area contributed by atoms with Gasteiger partial charge in [-0.05, 0) is 51.4 Å². The van der Waals surface area contributed by atoms with E-state index in [4.69, 9.17) is 15.2 Å². The van der Waals surface area contributed by atoms with Crippen molar-refractivity contribution in [2.45, 2.75) is 38.8 Å². The molecular formula is C15H26N2O2. The number of ether oxygens (including phenoxy) is 2. The fraction of sp³-hybridized carbons (Fsp3) is 0.600. The van der Waals surface area contributed by atoms with Crippen LogP contribution in [0.5, 0.6) is 11.5 Å². The molecule has 1 rings (SSSR count). The second-order valence-corrected chi connectivity index (χ2v) is 4.96. The first-order valence-corrected chi connectivity index (χ1v) is 6.68. The van der Waals surface area contributed by atoms with E-state index in [-0.39, 0.29) is 12.1 Å². The lowest BCUT2D eigenvalue weighted by molar-refractivity contribution is 0.385. The van der Waals surface area contributed by atoms with Gasteiger partial charge in [0.15, 0.2) is 0 Å². The second kappa shape index (κ2) is 7.36. The van der Waals surface area contributed by atoms with Crippen molar-refractivity contribution in [3.8, 4) is 11.5 Å². The van der Waals surface area contributed by atoms with E-state index in [0.29, 0.717) is 0 Å². The molecule has 0 aromatic heterocycles. The smallest absolute Gasteiger partial charge is 0.124 e. The van der Waals surface area contributed by atoms with Crippen molar-refractivity contribution in [1.29, 1.82) is 0 Å². The lowest BCUT2D eigenvalue weighted by atomic mass is 9.97. The van der Waals surface area contributed by atoms with Crippen molar-refractivity contribution < 1.29 is 9.47 Å². The molecule has 0 bridgehead atoms. The molecule has 4 heteroatoms. The van der Waals surface area contributed by atoms with Crippen LogP contribution in [0.25, 0.3) is 0 Å². The Morgan fingerprint density at radius 1 is 1.16 bits per heavy atom. The highest BCUT2D eigenvalue weighted by atomic mass is 16.5. The van der Waals surface area contributed by atoms with Gasteiger partial charge in [-0.1, -0.05) is 0 Å². The average molecular weight is 266 g/mol. The van der Waals surface area contributed by atoms with E-state index >= 15 is 0 Å². The van der Waals surface area contributed by atoms with Crippen LogP contribution in [0.15, 0.2) is 12.1 Å². The van der Waals surface area contributed by atoms with Gasteiger partial charge in [-0.15, -0.1) is 0 Å². The van der Waals surface area contributed by atoms with E-state index in [2.05, 4.69) is 11.4 Å². The molecular weight excluding hydrogens is 240 g/mol. The van der Waals surface area contributed by atoms with Crippen molar-refractivity contribution >= 4 is 0 Å². The highest BCUT2D eigenvalue weighted by Crippen LogP contribution is 2.34. The van der Waals surface area contributed by atoms with Gasteiger partial charge in [-0.3, -0.25) is 0 Å². The molecule has 0 saturated carbocycles. The summed E-state index contributed by atoms with van der Waals surface area (Å²) in [5.74, 6) is 1.78. The van der Waals surface area contributed by atoms with Crippen molar-refractivity contribution in [2.24, 2.45) is 5.73 Å². The predicted molar refractivity (Wildman–Crippen MR) is 79.0 cm³/mol. The molecule has 0 saturated heterocycles. The standard InChI is InChI=1S/C15H26N2O2/c1-10-8-15(19-5)12(9-14(10)18-4)13(17-3)7-6-11(2)16/h8-9,11,13,17H,6-7,16H2,1-5H3. The predicted octanol–water partition coefficient (Wildman–Crippen LogP) is 2.40. The maximum absolute atomic E-state index is 5.84. The molecule has 1 aromatic carbocycles. The molecule has 1 aromatic rings. The number of rotatable bonds is 7. The zero-order valence-electron chi connectivity index (χ0n) is 12.6. The second-order valence-electron chi connectivity index (χ2n) is 4.96. The lowest BCUT2D eigenvalue weighted by Crippen LogP contribution is -2.22. The fourth-order valence-corrected chi connectivity index (χ4v) is 2.23. The molecule has 0 radical (unpaired) electrons. The highest BCUT2D eigenvalue weighted by molar-refractivity contribution is 5.47. The van der Waals surface area contributed by atoms with Crippen LogP contribution in [-0.4, -0.2) is 27.3 Å². The third-order valence-corrected chi connectivity index (χ3v) is 3.38. The molecule has 2 unspecified atom stereocenters. The van der Waals surface area contributed by atoms with E-state index in [1.165, 1.54) is 0 Å². The third-order valence-electron chi connectivity index (χ3n) is 3.38. The van der Waals surface area contributed by atoms with Crippen molar-refractivity contribution in [2.75, 3.05) is 21.3 Å². The summed E-state index contributed by atoms with van der Waals surface area (Å²) in [5, 5.41) is 3.33. The molecule has 0 aliphatic rings. The molecule has 0 aliphatic heterocycles. The van der Waals surface area contributed by atoms with Gasteiger partial charge in [0.25, 0.3) is 0 Å². The molecule has 0 heterocycles. The van der Waals surface area contributed by atoms with Crippen molar-refractivity contribution in [1.82, 2.24) is 5.32 Å². The van der Waals surface area contributed by atoms with E-state index in [1.54, 1.807) is 14.2 Å². The van der Waals surface area contributed by atoms with E-state index in [9.17, 15) is 0 Å². The Morgan fingerprint density at radius 2 is 1.79 bits per heavy atom. The van der Waals surface area contributed by atoms with Gasteiger partial charge in [-0.2, -0.15) is 0 Å². The summed E-state index contributed by atoms with van der Waals surface area (Å²) < 4.78 is 10.9. The molecule has 0 amide bonds. The Balaban J connectivity index is 3.06. The SMILES string of the molecule is CNC(CCC(C)N)c1cc(OC)c(C)cc1OC. The van der Waals surface area contributed by atoms with Crippen LogP contribution in [0, 0.1) is 6.92 Å². The Bertz CT molecular complexity index is 405. The lowest BCUT2D eigenvalue weighted by Gasteiger charge is -2.22. The van der Waals surface area contributed by atoms with Gasteiger partial charge >= 0.3 is 0 Å². The van der Waals surface area contributed by atoms with E-state index in [1.807, 2.05) is 27.0 Å². The summed E-state index contributed by atoms with van der Waals surface area (Å²) in [6, 6.07) is 4.49. The molecule has 2 atom stereocenters. The Morgan fingerprint density at radius 3 is 2.26 bits per heavy atom. The minimum absolute atomic E-state index is 0.203. The largest absolute Gasteiger partial charge is 0.496 e. The maximum atomic E-state index is 5.84. The monoisotopic (exact) mass is 266 g/mol. The van der Waals surface area contributed by atoms with Crippen LogP contribution >= 0.6 is 0 Å². The summed E-state index contributed by atoms with van der Waals surface area (Å²) in [6.07, 6.45) is 1.93. The van der Waals surface area contributed by atoms with Gasteiger partial charge in [0.05, 0.1) is 14.2 Å². The first-order valence-electron chi connectivity index (χ1n) is 6.68. The van der Waals surface area contributed by atoms with Gasteiger partial charge in [0, 0.05) is 17.6 Å². The van der Waals surface area contributed by atoms with Crippen LogP contribution in [-0.2, 0) is 0 Å². The number of aryl methyl sites for hydroxylation is 1. The molecule has 4 nitrogen and oxygen atoms in total. The first kappa shape index (κ1) is 15.8. The zero-order chi connectivity index (χ0) is 14.4. The minimum atomic E-state index is 0.203. The molecule has 3 N–H and O–H groups in total. The normalized spacial score (nSPS) is 14.0. The maximum Gasteiger partial charge on any atom is 0.124 e. The Labute approximate surface area is 116 Å². The molecule has 108 valence electrons. The van der Waals surface area contributed by atoms with Crippen LogP contribution in [0.2, 0.25) is 0 Å². The number of benzene rings is 1. The van der Waals surface area contributed by atoms with Crippen molar-refractivity contribution in [3.63, 3.8) is 0 Å². The first-order chi connectivity index (χ1) is 9.03. The van der Waals surface area contributed by atoms with Crippen LogP contribution in [0.4, 0.5) is 0 Å². The van der Waals surface area contributed by atoms with Crippen LogP contribution in [0.3, 0.4) is 0 Å². The van der Waals surface area contributed by atoms with Crippen molar-refractivity contribution in [3.05, 3.63) is 23.3 Å². The van der Waals surface area contributed by atoms with E-state index in [0.717, 1.165) is 35.5 Å². The molecule has 19 heavy (non-hydrogen) atoms. The highest BCUT2D eigenvalue weighted by Gasteiger charge is 2.17. The zero-order valence-corrected chi connectivity index (χ0v) is 12.6. The number of hydrogen-bond donors (Lipinski definition) is 2. The van der Waals surface area contributed by atoms with Gasteiger partial charge < -0.3 is 20.5 Å². The summed E-state index contributed by atoms with van der Waals surface area (Å²) >= 11 is 0. The van der Waals surface area contributed by atoms with Crippen LogP contribution in [0.1, 0.15) is 36.9 Å². The summed E-state index contributed by atoms with van der Waals surface area (Å²) in [7, 11) is 5.34. The number of methoxy groups -OCH3 is 2. The number of nitrogens with two attached hydrogens (primary N) is 1. The Kier molecular flexibility index (Phi) is 6.12. The topological polar surface area (TPSA) is 56.5 Å².